The van der Waals surface area contributed by atoms with E-state index in [9.17, 15) is 9.59 Å². The Bertz CT molecular complexity index is 795. The van der Waals surface area contributed by atoms with E-state index in [0.717, 1.165) is 11.8 Å². The quantitative estimate of drug-likeness (QED) is 0.493. The number of rotatable bonds is 8. The van der Waals surface area contributed by atoms with Crippen LogP contribution >= 0.6 is 11.8 Å². The van der Waals surface area contributed by atoms with E-state index in [4.69, 9.17) is 24.1 Å². The third-order valence-corrected chi connectivity index (χ3v) is 4.59. The number of carbonyl (C=O) groups is 2. The number of nitrogens with zero attached hydrogens (tertiary/aromatic N) is 2. The Morgan fingerprint density at radius 3 is 2.41 bits per heavy atom. The molecule has 2 N–H and O–H groups in total. The summed E-state index contributed by atoms with van der Waals surface area (Å²) in [6.07, 6.45) is 1.08. The summed E-state index contributed by atoms with van der Waals surface area (Å²) < 4.78 is 21.3. The van der Waals surface area contributed by atoms with E-state index in [1.165, 1.54) is 34.7 Å². The minimum Gasteiger partial charge on any atom is -0.496 e. The van der Waals surface area contributed by atoms with Crippen LogP contribution in [0.4, 0.5) is 0 Å². The number of carbonyl (C=O) groups excluding carboxylic acids is 1. The van der Waals surface area contributed by atoms with Gasteiger partial charge in [0.05, 0.1) is 46.6 Å². The van der Waals surface area contributed by atoms with E-state index in [-0.39, 0.29) is 11.6 Å². The van der Waals surface area contributed by atoms with Crippen molar-refractivity contribution in [1.29, 1.82) is 0 Å². The van der Waals surface area contributed by atoms with Crippen LogP contribution in [0.1, 0.15) is 12.0 Å². The lowest BCUT2D eigenvalue weighted by molar-refractivity contribution is -0.138. The highest BCUT2D eigenvalue weighted by Crippen LogP contribution is 2.44. The van der Waals surface area contributed by atoms with Crippen molar-refractivity contribution >= 4 is 35.0 Å². The number of thioether (sulfide) groups is 1. The number of aliphatic carboxylic acids is 1. The van der Waals surface area contributed by atoms with Crippen LogP contribution in [-0.2, 0) is 9.59 Å². The van der Waals surface area contributed by atoms with Crippen LogP contribution in [0.25, 0.3) is 0 Å². The fourth-order valence-electron chi connectivity index (χ4n) is 2.33. The average molecular weight is 397 g/mol. The predicted molar refractivity (Wildman–Crippen MR) is 99.5 cm³/mol. The normalized spacial score (nSPS) is 17.9. The minimum absolute atomic E-state index is 0.209. The molecule has 1 unspecified atom stereocenters. The average Bonchev–Trinajstić information content (AvgIpc) is 2.99. The molecule has 1 aliphatic rings. The molecule has 146 valence electrons. The molecular weight excluding hydrogens is 378 g/mol. The third-order valence-electron chi connectivity index (χ3n) is 3.52. The maximum absolute atomic E-state index is 11.7. The molecule has 0 aliphatic carbocycles. The molecule has 2 rings (SSSR count). The lowest BCUT2D eigenvalue weighted by Gasteiger charge is -2.16. The Balaban J connectivity index is 2.31. The van der Waals surface area contributed by atoms with Crippen molar-refractivity contribution in [3.8, 4) is 23.0 Å². The molecule has 0 radical (unpaired) electrons. The first-order chi connectivity index (χ1) is 12.9. The van der Waals surface area contributed by atoms with E-state index >= 15 is 0 Å². The van der Waals surface area contributed by atoms with Gasteiger partial charge in [-0.2, -0.15) is 5.10 Å². The van der Waals surface area contributed by atoms with Gasteiger partial charge in [-0.1, -0.05) is 11.8 Å². The molecule has 1 atom stereocenters. The van der Waals surface area contributed by atoms with E-state index in [2.05, 4.69) is 15.5 Å². The van der Waals surface area contributed by atoms with Crippen LogP contribution < -0.4 is 24.3 Å². The highest BCUT2D eigenvalue weighted by atomic mass is 32.2. The molecule has 1 heterocycles. The van der Waals surface area contributed by atoms with Gasteiger partial charge in [0.15, 0.2) is 16.7 Å². The largest absolute Gasteiger partial charge is 0.496 e. The molecule has 11 heteroatoms. The molecule has 10 nitrogen and oxygen atoms in total. The van der Waals surface area contributed by atoms with E-state index in [1.807, 2.05) is 0 Å². The second-order valence-corrected chi connectivity index (χ2v) is 6.30. The lowest BCUT2D eigenvalue weighted by Crippen LogP contribution is -2.26. The maximum Gasteiger partial charge on any atom is 0.305 e. The number of carboxylic acids is 1. The van der Waals surface area contributed by atoms with Crippen LogP contribution in [0.5, 0.6) is 23.0 Å². The van der Waals surface area contributed by atoms with Crippen molar-refractivity contribution in [1.82, 2.24) is 5.32 Å². The summed E-state index contributed by atoms with van der Waals surface area (Å²) in [5.74, 6) is 0.0550. The molecule has 0 spiro atoms. The summed E-state index contributed by atoms with van der Waals surface area (Å²) >= 11 is 1.00. The van der Waals surface area contributed by atoms with Gasteiger partial charge in [-0.05, 0) is 0 Å². The molecule has 1 fully saturated rings. The van der Waals surface area contributed by atoms with Crippen molar-refractivity contribution in [2.24, 2.45) is 10.2 Å². The highest BCUT2D eigenvalue weighted by Gasteiger charge is 2.32. The number of amides is 1. The minimum atomic E-state index is -1.06. The Kier molecular flexibility index (Phi) is 6.88. The van der Waals surface area contributed by atoms with Gasteiger partial charge in [0.1, 0.15) is 11.0 Å². The Morgan fingerprint density at radius 2 is 1.85 bits per heavy atom. The van der Waals surface area contributed by atoms with Gasteiger partial charge < -0.3 is 29.4 Å². The Hall–Kier alpha value is -2.95. The van der Waals surface area contributed by atoms with Crippen LogP contribution in [0.2, 0.25) is 0 Å². The van der Waals surface area contributed by atoms with Gasteiger partial charge in [0.2, 0.25) is 11.7 Å². The summed E-state index contributed by atoms with van der Waals surface area (Å²) in [4.78, 5) is 22.5. The van der Waals surface area contributed by atoms with Crippen molar-refractivity contribution in [2.45, 2.75) is 11.7 Å². The summed E-state index contributed by atoms with van der Waals surface area (Å²) in [5.41, 5.74) is 0.457. The Labute approximate surface area is 159 Å². The number of methoxy groups -OCH3 is 4. The zero-order chi connectivity index (χ0) is 20.0. The number of amidine groups is 1. The van der Waals surface area contributed by atoms with Crippen molar-refractivity contribution in [3.63, 3.8) is 0 Å². The number of benzene rings is 1. The second-order valence-electron chi connectivity index (χ2n) is 5.10. The van der Waals surface area contributed by atoms with Gasteiger partial charge in [0.25, 0.3) is 0 Å². The molecule has 27 heavy (non-hydrogen) atoms. The molecule has 1 aliphatic heterocycles. The zero-order valence-corrected chi connectivity index (χ0v) is 16.0. The first kappa shape index (κ1) is 20.4. The van der Waals surface area contributed by atoms with Crippen LogP contribution in [0, 0.1) is 0 Å². The lowest BCUT2D eigenvalue weighted by atomic mass is 10.1. The molecule has 0 aromatic heterocycles. The standard InChI is InChI=1S/C16H19N3O7S/c1-23-9-5-10(24-2)14(26-4)13(25-3)8(9)7-17-19-16-18-15(22)11(27-16)6-12(20)21/h5,7,11H,6H2,1-4H3,(H,20,21)(H,18,19,22). The van der Waals surface area contributed by atoms with Gasteiger partial charge in [-0.15, -0.1) is 5.10 Å². The monoisotopic (exact) mass is 397 g/mol. The van der Waals surface area contributed by atoms with Crippen LogP contribution in [0.15, 0.2) is 16.3 Å². The molecule has 0 saturated carbocycles. The summed E-state index contributed by atoms with van der Waals surface area (Å²) in [5, 5.41) is 18.6. The summed E-state index contributed by atoms with van der Waals surface area (Å²) in [7, 11) is 5.91. The smallest absolute Gasteiger partial charge is 0.305 e. The fraction of sp³-hybridized carbons (Fsp3) is 0.375. The molecular formula is C16H19N3O7S. The predicted octanol–water partition coefficient (Wildman–Crippen LogP) is 1.12. The number of hydrogen-bond acceptors (Lipinski definition) is 9. The summed E-state index contributed by atoms with van der Waals surface area (Å²) in [6, 6.07) is 1.62. The molecule has 0 bridgehead atoms. The number of carboxylic acid groups (broad SMARTS) is 1. The summed E-state index contributed by atoms with van der Waals surface area (Å²) in [6.45, 7) is 0. The van der Waals surface area contributed by atoms with Crippen LogP contribution in [0.3, 0.4) is 0 Å². The fourth-order valence-corrected chi connectivity index (χ4v) is 3.25. The third kappa shape index (κ3) is 4.61. The van der Waals surface area contributed by atoms with Crippen molar-refractivity contribution in [2.75, 3.05) is 28.4 Å². The first-order valence-corrected chi connectivity index (χ1v) is 8.50. The highest BCUT2D eigenvalue weighted by molar-refractivity contribution is 8.15. The van der Waals surface area contributed by atoms with Gasteiger partial charge in [-0.25, -0.2) is 0 Å². The topological polar surface area (TPSA) is 128 Å². The molecule has 1 aromatic rings. The van der Waals surface area contributed by atoms with Crippen molar-refractivity contribution < 1.29 is 33.6 Å². The van der Waals surface area contributed by atoms with E-state index in [1.54, 1.807) is 6.07 Å². The van der Waals surface area contributed by atoms with Gasteiger partial charge in [-0.3, -0.25) is 9.59 Å². The second kappa shape index (κ2) is 9.12. The zero-order valence-electron chi connectivity index (χ0n) is 15.1. The van der Waals surface area contributed by atoms with Crippen LogP contribution in [-0.4, -0.2) is 62.1 Å². The SMILES string of the molecule is COc1cc(OC)c(OC)c(OC)c1C=NN=C1NC(=O)C(CC(=O)O)S1. The molecule has 1 aromatic carbocycles. The van der Waals surface area contributed by atoms with E-state index < -0.39 is 17.1 Å². The molecule has 1 saturated heterocycles. The van der Waals surface area contributed by atoms with Gasteiger partial charge >= 0.3 is 5.97 Å². The maximum atomic E-state index is 11.7. The first-order valence-electron chi connectivity index (χ1n) is 7.62. The van der Waals surface area contributed by atoms with Crippen molar-refractivity contribution in [3.05, 3.63) is 11.6 Å². The van der Waals surface area contributed by atoms with Gasteiger partial charge in [0, 0.05) is 6.07 Å². The van der Waals surface area contributed by atoms with E-state index in [0.29, 0.717) is 28.6 Å². The molecule has 1 amide bonds. The number of hydrogen-bond donors (Lipinski definition) is 2. The Morgan fingerprint density at radius 1 is 1.19 bits per heavy atom. The number of ether oxygens (including phenoxy) is 4. The number of nitrogens with one attached hydrogen (secondary N) is 1.